The third-order valence-corrected chi connectivity index (χ3v) is 6.62. The minimum absolute atomic E-state index is 0.0230. The smallest absolute Gasteiger partial charge is 0.238 e. The molecule has 1 unspecified atom stereocenters. The van der Waals surface area contributed by atoms with Gasteiger partial charge in [0.25, 0.3) is 0 Å². The topological polar surface area (TPSA) is 94.2 Å². The third-order valence-electron chi connectivity index (χ3n) is 5.44. The summed E-state index contributed by atoms with van der Waals surface area (Å²) < 4.78 is 5.28. The summed E-state index contributed by atoms with van der Waals surface area (Å²) in [5, 5.41) is 19.2. The Morgan fingerprint density at radius 1 is 1.10 bits per heavy atom. The zero-order valence-corrected chi connectivity index (χ0v) is 17.0. The zero-order valence-electron chi connectivity index (χ0n) is 16.2. The highest BCUT2D eigenvalue weighted by Crippen LogP contribution is 2.48. The van der Waals surface area contributed by atoms with Crippen molar-refractivity contribution < 1.29 is 14.3 Å². The first-order valence-electron chi connectivity index (χ1n) is 9.36. The van der Waals surface area contributed by atoms with Crippen LogP contribution in [0.1, 0.15) is 12.0 Å². The number of rotatable bonds is 3. The van der Waals surface area contributed by atoms with Crippen LogP contribution in [0.4, 0.5) is 5.69 Å². The molecule has 0 radical (unpaired) electrons. The molecule has 6 nitrogen and oxygen atoms in total. The maximum absolute atomic E-state index is 13.3. The Labute approximate surface area is 178 Å². The van der Waals surface area contributed by atoms with Crippen LogP contribution in [0.5, 0.6) is 5.75 Å². The molecule has 0 aromatic heterocycles. The number of anilines is 1. The number of thioether (sulfide) groups is 1. The molecule has 0 aliphatic carbocycles. The van der Waals surface area contributed by atoms with Gasteiger partial charge in [-0.3, -0.25) is 14.5 Å². The molecule has 0 saturated carbocycles. The van der Waals surface area contributed by atoms with Crippen molar-refractivity contribution in [2.75, 3.05) is 17.8 Å². The van der Waals surface area contributed by atoms with Crippen molar-refractivity contribution in [2.45, 2.75) is 11.3 Å². The summed E-state index contributed by atoms with van der Waals surface area (Å²) >= 11 is 1.54. The van der Waals surface area contributed by atoms with Crippen LogP contribution in [0.15, 0.2) is 59.0 Å². The summed E-state index contributed by atoms with van der Waals surface area (Å²) in [4.78, 5) is 28.1. The van der Waals surface area contributed by atoms with Gasteiger partial charge in [-0.25, -0.2) is 0 Å². The van der Waals surface area contributed by atoms with Gasteiger partial charge in [-0.15, -0.1) is 11.8 Å². The first-order chi connectivity index (χ1) is 14.6. The number of methoxy groups -OCH3 is 1. The average Bonchev–Trinajstić information content (AvgIpc) is 3.08. The number of allylic oxidation sites excluding steroid dienone is 2. The predicted molar refractivity (Wildman–Crippen MR) is 112 cm³/mol. The fraction of sp³-hybridized carbons (Fsp3) is 0.217. The Hall–Kier alpha value is -3.55. The summed E-state index contributed by atoms with van der Waals surface area (Å²) in [5.41, 5.74) is 1.80. The molecule has 2 aromatic carbocycles. The fourth-order valence-corrected chi connectivity index (χ4v) is 5.33. The van der Waals surface area contributed by atoms with Gasteiger partial charge in [-0.05, 0) is 41.5 Å². The Bertz CT molecular complexity index is 1130. The predicted octanol–water partition coefficient (Wildman–Crippen LogP) is 3.80. The molecule has 0 N–H and O–H groups in total. The normalized spacial score (nSPS) is 20.4. The van der Waals surface area contributed by atoms with Crippen LogP contribution in [-0.2, 0) is 9.59 Å². The van der Waals surface area contributed by atoms with Crippen molar-refractivity contribution in [3.63, 3.8) is 0 Å². The second kappa shape index (κ2) is 8.06. The molecule has 0 bridgehead atoms. The maximum atomic E-state index is 13.3. The van der Waals surface area contributed by atoms with Gasteiger partial charge in [-0.2, -0.15) is 10.5 Å². The van der Waals surface area contributed by atoms with Crippen molar-refractivity contribution in [3.8, 4) is 17.9 Å². The minimum atomic E-state index is -0.618. The number of fused-ring (bicyclic) bond motifs is 1. The molecule has 1 saturated heterocycles. The Morgan fingerprint density at radius 2 is 1.83 bits per heavy atom. The molecule has 2 heterocycles. The maximum Gasteiger partial charge on any atom is 0.238 e. The second-order valence-electron chi connectivity index (χ2n) is 7.01. The van der Waals surface area contributed by atoms with Gasteiger partial charge in [-0.1, -0.05) is 18.2 Å². The first kappa shape index (κ1) is 19.8. The molecular formula is C23H17N3O3S. The number of benzene rings is 2. The van der Waals surface area contributed by atoms with E-state index in [1.807, 2.05) is 30.3 Å². The molecule has 7 heteroatoms. The first-order valence-corrected chi connectivity index (χ1v) is 10.3. The van der Waals surface area contributed by atoms with Crippen LogP contribution in [-0.4, -0.2) is 24.7 Å². The number of carbonyl (C=O) groups is 2. The number of para-hydroxylation sites is 1. The number of nitrogens with zero attached hydrogens (tertiary/aromatic N) is 3. The van der Waals surface area contributed by atoms with Crippen LogP contribution in [0.2, 0.25) is 0 Å². The molecule has 2 aliphatic heterocycles. The molecule has 148 valence electrons. The average molecular weight is 415 g/mol. The molecular weight excluding hydrogens is 398 g/mol. The van der Waals surface area contributed by atoms with E-state index in [4.69, 9.17) is 4.74 Å². The van der Waals surface area contributed by atoms with Gasteiger partial charge >= 0.3 is 0 Å². The number of ether oxygens (including phenoxy) is 1. The molecule has 2 amide bonds. The Kier molecular flexibility index (Phi) is 5.31. The van der Waals surface area contributed by atoms with Gasteiger partial charge in [0.2, 0.25) is 11.8 Å². The molecule has 4 rings (SSSR count). The van der Waals surface area contributed by atoms with E-state index in [1.54, 1.807) is 49.2 Å². The van der Waals surface area contributed by atoms with Crippen molar-refractivity contribution in [1.29, 1.82) is 10.5 Å². The van der Waals surface area contributed by atoms with E-state index >= 15 is 0 Å². The van der Waals surface area contributed by atoms with Gasteiger partial charge in [0.05, 0.1) is 18.7 Å². The molecule has 2 atom stereocenters. The molecule has 30 heavy (non-hydrogen) atoms. The number of hydrogen-bond acceptors (Lipinski definition) is 6. The highest BCUT2D eigenvalue weighted by atomic mass is 32.2. The number of carbonyl (C=O) groups excluding carboxylic acids is 2. The van der Waals surface area contributed by atoms with Crippen molar-refractivity contribution in [2.24, 2.45) is 11.8 Å². The van der Waals surface area contributed by atoms with Crippen LogP contribution >= 0.6 is 11.8 Å². The summed E-state index contributed by atoms with van der Waals surface area (Å²) in [5.74, 6) is -0.410. The van der Waals surface area contributed by atoms with Gasteiger partial charge < -0.3 is 4.74 Å². The zero-order chi connectivity index (χ0) is 21.3. The minimum Gasteiger partial charge on any atom is -0.497 e. The quantitative estimate of drug-likeness (QED) is 0.559. The summed E-state index contributed by atoms with van der Waals surface area (Å²) in [6.45, 7) is 0. The highest BCUT2D eigenvalue weighted by molar-refractivity contribution is 7.99. The number of imide groups is 1. The molecule has 2 aliphatic rings. The number of amides is 2. The van der Waals surface area contributed by atoms with E-state index < -0.39 is 11.8 Å². The molecule has 0 spiro atoms. The molecule has 1 fully saturated rings. The van der Waals surface area contributed by atoms with E-state index in [-0.39, 0.29) is 23.8 Å². The van der Waals surface area contributed by atoms with Gasteiger partial charge in [0, 0.05) is 23.0 Å². The van der Waals surface area contributed by atoms with Crippen molar-refractivity contribution in [1.82, 2.24) is 0 Å². The lowest BCUT2D eigenvalue weighted by Gasteiger charge is -2.31. The van der Waals surface area contributed by atoms with E-state index in [0.717, 1.165) is 10.5 Å². The van der Waals surface area contributed by atoms with E-state index in [2.05, 4.69) is 0 Å². The Morgan fingerprint density at radius 3 is 2.50 bits per heavy atom. The van der Waals surface area contributed by atoms with E-state index in [0.29, 0.717) is 22.8 Å². The van der Waals surface area contributed by atoms with Crippen molar-refractivity contribution >= 4 is 34.8 Å². The lowest BCUT2D eigenvalue weighted by molar-refractivity contribution is -0.122. The lowest BCUT2D eigenvalue weighted by Crippen LogP contribution is -2.34. The highest BCUT2D eigenvalue weighted by Gasteiger charge is 2.46. The SMILES string of the molecule is COc1ccc2c(c1)SC[C@@H](C1CC(=O)N(c3ccccc3)C1=O)C2=C(C#N)C#N. The van der Waals surface area contributed by atoms with E-state index in [9.17, 15) is 20.1 Å². The summed E-state index contributed by atoms with van der Waals surface area (Å²) in [7, 11) is 1.58. The number of nitriles is 2. The van der Waals surface area contributed by atoms with Gasteiger partial charge in [0.15, 0.2) is 0 Å². The van der Waals surface area contributed by atoms with Crippen LogP contribution in [0.25, 0.3) is 5.57 Å². The largest absolute Gasteiger partial charge is 0.497 e. The lowest BCUT2D eigenvalue weighted by atomic mass is 9.80. The summed E-state index contributed by atoms with van der Waals surface area (Å²) in [6, 6.07) is 18.2. The second-order valence-corrected chi connectivity index (χ2v) is 8.07. The molecule has 2 aromatic rings. The monoisotopic (exact) mass is 415 g/mol. The standard InChI is InChI=1S/C23H17N3O3S/c1-29-16-7-8-17-20(9-16)30-13-19(22(17)14(11-24)12-25)18-10-21(27)26(23(18)28)15-5-3-2-4-6-15/h2-9,18-19H,10,13H2,1H3/t18?,19-/m0/s1. The van der Waals surface area contributed by atoms with Crippen LogP contribution in [0, 0.1) is 34.5 Å². The van der Waals surface area contributed by atoms with Gasteiger partial charge in [0.1, 0.15) is 23.5 Å². The Balaban J connectivity index is 1.78. The fourth-order valence-electron chi connectivity index (χ4n) is 4.04. The van der Waals surface area contributed by atoms with E-state index in [1.165, 1.54) is 4.90 Å². The third kappa shape index (κ3) is 3.24. The van der Waals surface area contributed by atoms with Crippen LogP contribution < -0.4 is 9.64 Å². The summed E-state index contributed by atoms with van der Waals surface area (Å²) in [6.07, 6.45) is 0.0537. The number of hydrogen-bond donors (Lipinski definition) is 0. The van der Waals surface area contributed by atoms with Crippen LogP contribution in [0.3, 0.4) is 0 Å². The van der Waals surface area contributed by atoms with Crippen molar-refractivity contribution in [3.05, 3.63) is 59.7 Å².